The van der Waals surface area contributed by atoms with Crippen molar-refractivity contribution >= 4 is 12.0 Å². The summed E-state index contributed by atoms with van der Waals surface area (Å²) in [7, 11) is 0. The molecule has 2 aromatic carbocycles. The van der Waals surface area contributed by atoms with E-state index in [1.165, 1.54) is 0 Å². The van der Waals surface area contributed by atoms with Crippen molar-refractivity contribution in [1.82, 2.24) is 10.2 Å². The van der Waals surface area contributed by atoms with Crippen LogP contribution in [-0.4, -0.2) is 29.0 Å². The van der Waals surface area contributed by atoms with Gasteiger partial charge >= 0.3 is 6.09 Å². The average Bonchev–Trinajstić information content (AvgIpc) is 2.64. The Morgan fingerprint density at radius 3 is 2.21 bits per heavy atom. The Morgan fingerprint density at radius 1 is 1.04 bits per heavy atom. The summed E-state index contributed by atoms with van der Waals surface area (Å²) in [5.74, 6) is -0.0805. The molecule has 2 amide bonds. The molecule has 124 valence electrons. The molecule has 0 bridgehead atoms. The minimum absolute atomic E-state index is 0.0537. The van der Waals surface area contributed by atoms with E-state index in [0.717, 1.165) is 11.1 Å². The summed E-state index contributed by atoms with van der Waals surface area (Å²) in [5.41, 5.74) is 1.98. The molecule has 0 radical (unpaired) electrons. The molecule has 2 atom stereocenters. The van der Waals surface area contributed by atoms with Crippen LogP contribution in [0.2, 0.25) is 0 Å². The molecule has 1 fully saturated rings. The minimum Gasteiger partial charge on any atom is -0.445 e. The van der Waals surface area contributed by atoms with Crippen molar-refractivity contribution in [2.45, 2.75) is 32.2 Å². The molecule has 0 aromatic heterocycles. The van der Waals surface area contributed by atoms with Crippen LogP contribution in [0.15, 0.2) is 60.7 Å². The number of amides is 2. The van der Waals surface area contributed by atoms with E-state index in [1.807, 2.05) is 67.6 Å². The van der Waals surface area contributed by atoms with E-state index in [0.29, 0.717) is 6.54 Å². The molecule has 0 aliphatic carbocycles. The fourth-order valence-corrected chi connectivity index (χ4v) is 2.76. The number of β-lactam (4-membered cyclic amide) rings is 1. The van der Waals surface area contributed by atoms with Gasteiger partial charge in [-0.1, -0.05) is 60.7 Å². The zero-order chi connectivity index (χ0) is 16.9. The van der Waals surface area contributed by atoms with Crippen molar-refractivity contribution in [2.75, 3.05) is 0 Å². The zero-order valence-corrected chi connectivity index (χ0v) is 13.5. The molecule has 1 N–H and O–H groups in total. The number of carbonyl (C=O) groups excluding carboxylic acids is 2. The van der Waals surface area contributed by atoms with Crippen LogP contribution in [0.4, 0.5) is 4.79 Å². The maximum absolute atomic E-state index is 12.2. The first-order valence-corrected chi connectivity index (χ1v) is 7.97. The Bertz CT molecular complexity index is 703. The van der Waals surface area contributed by atoms with Crippen LogP contribution in [0.1, 0.15) is 18.1 Å². The van der Waals surface area contributed by atoms with Gasteiger partial charge in [-0.15, -0.1) is 0 Å². The third kappa shape index (κ3) is 3.56. The lowest BCUT2D eigenvalue weighted by molar-refractivity contribution is -0.150. The molecule has 0 unspecified atom stereocenters. The molecule has 1 saturated heterocycles. The largest absolute Gasteiger partial charge is 0.445 e. The van der Waals surface area contributed by atoms with E-state index >= 15 is 0 Å². The second-order valence-electron chi connectivity index (χ2n) is 5.88. The van der Waals surface area contributed by atoms with Gasteiger partial charge in [0, 0.05) is 6.54 Å². The third-order valence-electron chi connectivity index (χ3n) is 4.21. The Balaban J connectivity index is 1.48. The van der Waals surface area contributed by atoms with Crippen LogP contribution in [0, 0.1) is 0 Å². The molecule has 3 rings (SSSR count). The topological polar surface area (TPSA) is 58.6 Å². The van der Waals surface area contributed by atoms with Gasteiger partial charge in [0.2, 0.25) is 5.91 Å². The summed E-state index contributed by atoms with van der Waals surface area (Å²) in [5, 5.41) is 2.65. The van der Waals surface area contributed by atoms with Crippen molar-refractivity contribution in [3.05, 3.63) is 71.8 Å². The maximum Gasteiger partial charge on any atom is 0.408 e. The van der Waals surface area contributed by atoms with E-state index in [9.17, 15) is 9.59 Å². The Labute approximate surface area is 141 Å². The number of hydrogen-bond donors (Lipinski definition) is 1. The monoisotopic (exact) mass is 324 g/mol. The summed E-state index contributed by atoms with van der Waals surface area (Å²) in [6.45, 7) is 2.67. The van der Waals surface area contributed by atoms with Gasteiger partial charge < -0.3 is 15.0 Å². The Morgan fingerprint density at radius 2 is 1.62 bits per heavy atom. The molecule has 24 heavy (non-hydrogen) atoms. The number of carbonyl (C=O) groups is 2. The average molecular weight is 324 g/mol. The fourth-order valence-electron chi connectivity index (χ4n) is 2.76. The number of nitrogens with one attached hydrogen (secondary N) is 1. The van der Waals surface area contributed by atoms with Crippen LogP contribution in [0.25, 0.3) is 0 Å². The minimum atomic E-state index is -0.566. The van der Waals surface area contributed by atoms with Crippen LogP contribution < -0.4 is 5.32 Å². The number of benzene rings is 2. The number of rotatable bonds is 5. The van der Waals surface area contributed by atoms with Gasteiger partial charge in [0.25, 0.3) is 0 Å². The normalized spacial score (nSPS) is 19.5. The van der Waals surface area contributed by atoms with Crippen molar-refractivity contribution in [2.24, 2.45) is 0 Å². The van der Waals surface area contributed by atoms with E-state index in [-0.39, 0.29) is 18.6 Å². The first kappa shape index (κ1) is 16.1. The second-order valence-corrected chi connectivity index (χ2v) is 5.88. The first-order chi connectivity index (χ1) is 11.6. The second kappa shape index (κ2) is 7.17. The Hall–Kier alpha value is -2.82. The predicted molar refractivity (Wildman–Crippen MR) is 90.0 cm³/mol. The lowest BCUT2D eigenvalue weighted by atomic mass is 9.96. The summed E-state index contributed by atoms with van der Waals surface area (Å²) >= 11 is 0. The van der Waals surface area contributed by atoms with Crippen LogP contribution in [0.5, 0.6) is 0 Å². The highest BCUT2D eigenvalue weighted by Gasteiger charge is 2.45. The molecular formula is C19H20N2O3. The smallest absolute Gasteiger partial charge is 0.408 e. The van der Waals surface area contributed by atoms with Gasteiger partial charge in [0.15, 0.2) is 0 Å². The summed E-state index contributed by atoms with van der Waals surface area (Å²) < 4.78 is 5.16. The van der Waals surface area contributed by atoms with E-state index in [1.54, 1.807) is 4.90 Å². The number of nitrogens with zero attached hydrogens (tertiary/aromatic N) is 1. The van der Waals surface area contributed by atoms with Crippen molar-refractivity contribution in [1.29, 1.82) is 0 Å². The number of likely N-dealkylation sites (tertiary alicyclic amines) is 1. The maximum atomic E-state index is 12.2. The summed E-state index contributed by atoms with van der Waals surface area (Å²) in [4.78, 5) is 25.9. The molecule has 0 spiro atoms. The number of alkyl carbamates (subject to hydrolysis) is 1. The summed E-state index contributed by atoms with van der Waals surface area (Å²) in [6.07, 6.45) is -0.566. The van der Waals surface area contributed by atoms with Crippen LogP contribution in [0.3, 0.4) is 0 Å². The van der Waals surface area contributed by atoms with Gasteiger partial charge in [-0.2, -0.15) is 0 Å². The molecule has 1 aliphatic heterocycles. The Kier molecular flexibility index (Phi) is 4.79. The van der Waals surface area contributed by atoms with Gasteiger partial charge in [0.1, 0.15) is 12.6 Å². The highest BCUT2D eigenvalue weighted by molar-refractivity contribution is 5.92. The van der Waals surface area contributed by atoms with Crippen LogP contribution in [-0.2, 0) is 22.7 Å². The fraction of sp³-hybridized carbons (Fsp3) is 0.263. The predicted octanol–water partition coefficient (Wildman–Crippen LogP) is 2.71. The quantitative estimate of drug-likeness (QED) is 0.860. The molecule has 1 heterocycles. The summed E-state index contributed by atoms with van der Waals surface area (Å²) in [6, 6.07) is 18.7. The van der Waals surface area contributed by atoms with E-state index in [4.69, 9.17) is 4.74 Å². The van der Waals surface area contributed by atoms with Gasteiger partial charge in [0.05, 0.1) is 6.04 Å². The van der Waals surface area contributed by atoms with E-state index < -0.39 is 12.1 Å². The van der Waals surface area contributed by atoms with Gasteiger partial charge in [-0.25, -0.2) is 4.79 Å². The van der Waals surface area contributed by atoms with E-state index in [2.05, 4.69) is 5.32 Å². The number of ether oxygens (including phenoxy) is 1. The lowest BCUT2D eigenvalue weighted by Gasteiger charge is -2.45. The molecule has 0 saturated carbocycles. The lowest BCUT2D eigenvalue weighted by Crippen LogP contribution is -2.69. The molecule has 5 heteroatoms. The van der Waals surface area contributed by atoms with Gasteiger partial charge in [-0.05, 0) is 18.1 Å². The molecule has 1 aliphatic rings. The first-order valence-electron chi connectivity index (χ1n) is 7.97. The zero-order valence-electron chi connectivity index (χ0n) is 13.5. The van der Waals surface area contributed by atoms with Crippen LogP contribution >= 0.6 is 0 Å². The molecule has 2 aromatic rings. The standard InChI is InChI=1S/C19H20N2O3/c1-14-17(18(22)21(14)12-15-8-4-2-5-9-15)20-19(23)24-13-16-10-6-3-7-11-16/h2-11,14,17H,12-13H2,1H3,(H,20,23)/t14-,17-/m0/s1. The SMILES string of the molecule is C[C@H]1[C@H](NC(=O)OCc2ccccc2)C(=O)N1Cc1ccccc1. The molecular weight excluding hydrogens is 304 g/mol. The highest BCUT2D eigenvalue weighted by Crippen LogP contribution is 2.22. The van der Waals surface area contributed by atoms with Crippen molar-refractivity contribution in [3.63, 3.8) is 0 Å². The third-order valence-corrected chi connectivity index (χ3v) is 4.21. The number of hydrogen-bond acceptors (Lipinski definition) is 3. The van der Waals surface area contributed by atoms with Crippen molar-refractivity contribution < 1.29 is 14.3 Å². The molecule has 5 nitrogen and oxygen atoms in total. The van der Waals surface area contributed by atoms with Crippen molar-refractivity contribution in [3.8, 4) is 0 Å². The van der Waals surface area contributed by atoms with Gasteiger partial charge in [-0.3, -0.25) is 4.79 Å². The highest BCUT2D eigenvalue weighted by atomic mass is 16.5.